The lowest BCUT2D eigenvalue weighted by molar-refractivity contribution is -0.119. The third-order valence-corrected chi connectivity index (χ3v) is 6.63. The molecule has 2 aromatic rings. The Morgan fingerprint density at radius 2 is 1.93 bits per heavy atom. The number of ether oxygens (including phenoxy) is 2. The Hall–Kier alpha value is -2.59. The Morgan fingerprint density at radius 1 is 1.21 bits per heavy atom. The number of methoxy groups -OCH3 is 2. The topological polar surface area (TPSA) is 103 Å². The quantitative estimate of drug-likeness (QED) is 0.778. The van der Waals surface area contributed by atoms with Crippen molar-refractivity contribution in [2.24, 2.45) is 7.05 Å². The molecule has 10 heteroatoms. The van der Waals surface area contributed by atoms with E-state index in [-0.39, 0.29) is 17.3 Å². The number of carbonyl (C=O) groups excluding carboxylic acids is 1. The molecular weight excluding hydrogens is 384 g/mol. The maximum atomic E-state index is 13.2. The number of sulfonamides is 1. The van der Waals surface area contributed by atoms with Crippen LogP contribution < -0.4 is 14.8 Å². The molecule has 1 aliphatic rings. The van der Waals surface area contributed by atoms with E-state index in [0.717, 1.165) is 5.69 Å². The summed E-state index contributed by atoms with van der Waals surface area (Å²) in [6.07, 6.45) is 1.06. The number of carbonyl (C=O) groups is 1. The van der Waals surface area contributed by atoms with E-state index in [0.29, 0.717) is 30.2 Å². The van der Waals surface area contributed by atoms with Crippen LogP contribution in [0, 0.1) is 6.92 Å². The van der Waals surface area contributed by atoms with Gasteiger partial charge in [0, 0.05) is 25.7 Å². The zero-order valence-electron chi connectivity index (χ0n) is 16.3. The number of aromatic nitrogens is 2. The minimum absolute atomic E-state index is 0.0567. The van der Waals surface area contributed by atoms with E-state index in [9.17, 15) is 13.2 Å². The zero-order chi connectivity index (χ0) is 20.5. The minimum Gasteiger partial charge on any atom is -0.493 e. The van der Waals surface area contributed by atoms with Gasteiger partial charge in [0.2, 0.25) is 15.9 Å². The van der Waals surface area contributed by atoms with Gasteiger partial charge in [-0.2, -0.15) is 9.40 Å². The van der Waals surface area contributed by atoms with Gasteiger partial charge in [-0.15, -0.1) is 0 Å². The average Bonchev–Trinajstić information content (AvgIpc) is 3.28. The predicted molar refractivity (Wildman–Crippen MR) is 103 cm³/mol. The number of rotatable bonds is 6. The summed E-state index contributed by atoms with van der Waals surface area (Å²) >= 11 is 0. The summed E-state index contributed by atoms with van der Waals surface area (Å²) in [5.74, 6) is 0.903. The molecule has 152 valence electrons. The lowest BCUT2D eigenvalue weighted by atomic mass is 10.2. The largest absolute Gasteiger partial charge is 0.493 e. The molecule has 1 unspecified atom stereocenters. The average molecular weight is 408 g/mol. The molecule has 1 saturated heterocycles. The third kappa shape index (κ3) is 3.69. The molecule has 1 aromatic carbocycles. The standard InChI is InChI=1S/C18H24N4O5S/c1-12-10-17(21(2)20-12)19-18(23)14-6-5-9-22(14)28(24,25)13-7-8-15(26-3)16(11-13)27-4/h7-8,10-11,14H,5-6,9H2,1-4H3,(H,19,23). The van der Waals surface area contributed by atoms with Crippen molar-refractivity contribution in [1.29, 1.82) is 0 Å². The van der Waals surface area contributed by atoms with Crippen molar-refractivity contribution < 1.29 is 22.7 Å². The Labute approximate surface area is 164 Å². The molecule has 1 amide bonds. The Balaban J connectivity index is 1.86. The van der Waals surface area contributed by atoms with E-state index in [4.69, 9.17) is 9.47 Å². The molecule has 3 rings (SSSR count). The number of nitrogens with zero attached hydrogens (tertiary/aromatic N) is 3. The van der Waals surface area contributed by atoms with E-state index in [1.165, 1.54) is 36.7 Å². The lowest BCUT2D eigenvalue weighted by Crippen LogP contribution is -2.43. The highest BCUT2D eigenvalue weighted by molar-refractivity contribution is 7.89. The first kappa shape index (κ1) is 20.2. The van der Waals surface area contributed by atoms with Crippen LogP contribution in [0.1, 0.15) is 18.5 Å². The number of anilines is 1. The first-order valence-corrected chi connectivity index (χ1v) is 10.3. The Bertz CT molecular complexity index is 986. The second kappa shape index (κ2) is 7.80. The fourth-order valence-electron chi connectivity index (χ4n) is 3.34. The van der Waals surface area contributed by atoms with Gasteiger partial charge in [-0.25, -0.2) is 8.42 Å². The van der Waals surface area contributed by atoms with Gasteiger partial charge in [0.15, 0.2) is 11.5 Å². The molecule has 28 heavy (non-hydrogen) atoms. The van der Waals surface area contributed by atoms with Crippen LogP contribution in [0.5, 0.6) is 11.5 Å². The highest BCUT2D eigenvalue weighted by Crippen LogP contribution is 2.33. The minimum atomic E-state index is -3.87. The van der Waals surface area contributed by atoms with Crippen LogP contribution in [0.2, 0.25) is 0 Å². The summed E-state index contributed by atoms with van der Waals surface area (Å²) in [5.41, 5.74) is 0.763. The Kier molecular flexibility index (Phi) is 5.61. The van der Waals surface area contributed by atoms with Crippen LogP contribution in [0.4, 0.5) is 5.82 Å². The third-order valence-electron chi connectivity index (χ3n) is 4.72. The van der Waals surface area contributed by atoms with E-state index in [1.54, 1.807) is 17.8 Å². The van der Waals surface area contributed by atoms with Crippen molar-refractivity contribution in [3.05, 3.63) is 30.0 Å². The van der Waals surface area contributed by atoms with E-state index >= 15 is 0 Å². The van der Waals surface area contributed by atoms with Gasteiger partial charge < -0.3 is 14.8 Å². The molecule has 0 radical (unpaired) electrons. The molecule has 9 nitrogen and oxygen atoms in total. The van der Waals surface area contributed by atoms with Crippen LogP contribution in [0.15, 0.2) is 29.2 Å². The highest BCUT2D eigenvalue weighted by atomic mass is 32.2. The first-order chi connectivity index (χ1) is 13.3. The molecule has 0 bridgehead atoms. The van der Waals surface area contributed by atoms with Gasteiger partial charge in [-0.05, 0) is 31.9 Å². The first-order valence-electron chi connectivity index (χ1n) is 8.83. The second-order valence-corrected chi connectivity index (χ2v) is 8.46. The maximum absolute atomic E-state index is 13.2. The maximum Gasteiger partial charge on any atom is 0.243 e. The molecule has 0 aliphatic carbocycles. The van der Waals surface area contributed by atoms with Gasteiger partial charge in [-0.1, -0.05) is 0 Å². The van der Waals surface area contributed by atoms with Gasteiger partial charge in [0.05, 0.1) is 24.8 Å². The van der Waals surface area contributed by atoms with Crippen LogP contribution in [-0.2, 0) is 21.9 Å². The summed E-state index contributed by atoms with van der Waals surface area (Å²) in [7, 11) is 0.764. The molecular formula is C18H24N4O5S. The van der Waals surface area contributed by atoms with E-state index in [2.05, 4.69) is 10.4 Å². The summed E-state index contributed by atoms with van der Waals surface area (Å²) in [6, 6.07) is 5.35. The second-order valence-electron chi connectivity index (χ2n) is 6.57. The van der Waals surface area contributed by atoms with E-state index in [1.807, 2.05) is 6.92 Å². The molecule has 1 N–H and O–H groups in total. The van der Waals surface area contributed by atoms with Crippen molar-refractivity contribution in [2.75, 3.05) is 26.1 Å². The van der Waals surface area contributed by atoms with E-state index < -0.39 is 16.1 Å². The summed E-state index contributed by atoms with van der Waals surface area (Å²) < 4.78 is 39.5. The SMILES string of the molecule is COc1ccc(S(=O)(=O)N2CCCC2C(=O)Nc2cc(C)nn2C)cc1OC. The lowest BCUT2D eigenvalue weighted by Gasteiger charge is -2.23. The number of benzene rings is 1. The van der Waals surface area contributed by atoms with Crippen molar-refractivity contribution >= 4 is 21.7 Å². The summed E-state index contributed by atoms with van der Waals surface area (Å²) in [6.45, 7) is 2.10. The van der Waals surface area contributed by atoms with Crippen molar-refractivity contribution in [3.8, 4) is 11.5 Å². The van der Waals surface area contributed by atoms with Gasteiger partial charge in [0.1, 0.15) is 11.9 Å². The van der Waals surface area contributed by atoms with Crippen molar-refractivity contribution in [3.63, 3.8) is 0 Å². The Morgan fingerprint density at radius 3 is 2.54 bits per heavy atom. The summed E-state index contributed by atoms with van der Waals surface area (Å²) in [5, 5.41) is 6.96. The van der Waals surface area contributed by atoms with Gasteiger partial charge in [0.25, 0.3) is 0 Å². The molecule has 2 heterocycles. The van der Waals surface area contributed by atoms with Gasteiger partial charge in [-0.3, -0.25) is 9.48 Å². The monoisotopic (exact) mass is 408 g/mol. The van der Waals surface area contributed by atoms with Gasteiger partial charge >= 0.3 is 0 Å². The number of hydrogen-bond acceptors (Lipinski definition) is 6. The fraction of sp³-hybridized carbons (Fsp3) is 0.444. The van der Waals surface area contributed by atoms with Crippen LogP contribution in [0.25, 0.3) is 0 Å². The highest BCUT2D eigenvalue weighted by Gasteiger charge is 2.40. The number of amides is 1. The zero-order valence-corrected chi connectivity index (χ0v) is 17.1. The normalized spacial score (nSPS) is 17.5. The number of nitrogens with one attached hydrogen (secondary N) is 1. The van der Waals surface area contributed by atoms with Crippen molar-refractivity contribution in [1.82, 2.24) is 14.1 Å². The molecule has 1 atom stereocenters. The van der Waals surface area contributed by atoms with Crippen molar-refractivity contribution in [2.45, 2.75) is 30.7 Å². The van der Waals surface area contributed by atoms with Crippen LogP contribution in [0.3, 0.4) is 0 Å². The smallest absolute Gasteiger partial charge is 0.243 e. The fourth-order valence-corrected chi connectivity index (χ4v) is 5.01. The number of hydrogen-bond donors (Lipinski definition) is 1. The molecule has 1 aromatic heterocycles. The van der Waals surface area contributed by atoms with Crippen LogP contribution >= 0.6 is 0 Å². The molecule has 0 saturated carbocycles. The molecule has 0 spiro atoms. The van der Waals surface area contributed by atoms with Crippen LogP contribution in [-0.4, -0.2) is 55.2 Å². The molecule has 1 aliphatic heterocycles. The number of aryl methyl sites for hydroxylation is 2. The summed E-state index contributed by atoms with van der Waals surface area (Å²) in [4.78, 5) is 12.8. The predicted octanol–water partition coefficient (Wildman–Crippen LogP) is 1.54. The molecule has 1 fully saturated rings.